The van der Waals surface area contributed by atoms with E-state index in [-0.39, 0.29) is 12.5 Å². The Hall–Kier alpha value is -2.67. The average molecular weight is 329 g/mol. The summed E-state index contributed by atoms with van der Waals surface area (Å²) in [5, 5.41) is 16.4. The zero-order chi connectivity index (χ0) is 17.0. The highest BCUT2D eigenvalue weighted by Crippen LogP contribution is 2.30. The fraction of sp³-hybridized carbons (Fsp3) is 0.353. The maximum Gasteiger partial charge on any atom is 0.311 e. The molecule has 24 heavy (non-hydrogen) atoms. The lowest BCUT2D eigenvalue weighted by Gasteiger charge is -2.33. The number of hydrogen-bond acceptors (Lipinski definition) is 4. The predicted molar refractivity (Wildman–Crippen MR) is 86.0 cm³/mol. The molecule has 1 aliphatic heterocycles. The van der Waals surface area contributed by atoms with Crippen molar-refractivity contribution < 1.29 is 19.4 Å². The Balaban J connectivity index is 1.65. The van der Waals surface area contributed by atoms with E-state index in [9.17, 15) is 14.7 Å². The Morgan fingerprint density at radius 2 is 1.96 bits per heavy atom. The molecule has 1 aliphatic rings. The van der Waals surface area contributed by atoms with Crippen LogP contribution in [-0.4, -0.2) is 46.5 Å². The number of carbonyl (C=O) groups excluding carboxylic acids is 1. The first-order chi connectivity index (χ1) is 11.6. The lowest BCUT2D eigenvalue weighted by molar-refractivity contribution is -0.154. The molecule has 2 heterocycles. The number of benzene rings is 1. The van der Waals surface area contributed by atoms with Crippen molar-refractivity contribution in [2.24, 2.45) is 5.41 Å². The molecule has 1 fully saturated rings. The minimum absolute atomic E-state index is 0.103. The summed E-state index contributed by atoms with van der Waals surface area (Å²) in [4.78, 5) is 23.9. The van der Waals surface area contributed by atoms with Crippen LogP contribution in [-0.2, 0) is 9.53 Å². The average Bonchev–Trinajstić information content (AvgIpc) is 3.15. The van der Waals surface area contributed by atoms with Gasteiger partial charge in [-0.1, -0.05) is 0 Å². The van der Waals surface area contributed by atoms with Gasteiger partial charge in [0, 0.05) is 37.7 Å². The Morgan fingerprint density at radius 3 is 2.54 bits per heavy atom. The van der Waals surface area contributed by atoms with Crippen LogP contribution >= 0.6 is 0 Å². The molecule has 1 amide bonds. The molecule has 0 bridgehead atoms. The molecule has 1 aromatic heterocycles. The molecule has 0 atom stereocenters. The van der Waals surface area contributed by atoms with Gasteiger partial charge in [-0.2, -0.15) is 5.10 Å². The number of aromatic nitrogens is 2. The Bertz CT molecular complexity index is 704. The predicted octanol–water partition coefficient (Wildman–Crippen LogP) is 1.48. The second kappa shape index (κ2) is 6.84. The number of carboxylic acid groups (broad SMARTS) is 1. The Morgan fingerprint density at radius 1 is 1.25 bits per heavy atom. The molecule has 126 valence electrons. The van der Waals surface area contributed by atoms with Crippen molar-refractivity contribution in [3.8, 4) is 5.69 Å². The Labute approximate surface area is 139 Å². The van der Waals surface area contributed by atoms with Crippen molar-refractivity contribution in [1.29, 1.82) is 0 Å². The molecule has 3 rings (SSSR count). The summed E-state index contributed by atoms with van der Waals surface area (Å²) in [6.07, 6.45) is 4.30. The topological polar surface area (TPSA) is 93.5 Å². The van der Waals surface area contributed by atoms with Gasteiger partial charge in [0.2, 0.25) is 0 Å². The SMILES string of the molecule is O=C(NCC1(C(=O)O)CCOCC1)c1ccc(-n2cccn2)cc1. The van der Waals surface area contributed by atoms with Gasteiger partial charge in [0.25, 0.3) is 5.91 Å². The molecule has 0 aliphatic carbocycles. The number of hydrogen-bond donors (Lipinski definition) is 2. The maximum absolute atomic E-state index is 12.3. The van der Waals surface area contributed by atoms with Gasteiger partial charge in [-0.05, 0) is 43.2 Å². The third kappa shape index (κ3) is 3.30. The standard InChI is InChI=1S/C17H19N3O4/c21-15(18-12-17(16(22)23)6-10-24-11-7-17)13-2-4-14(5-3-13)20-9-1-8-19-20/h1-5,8-9H,6-7,10-12H2,(H,18,21)(H,22,23). The number of carboxylic acids is 1. The van der Waals surface area contributed by atoms with Gasteiger partial charge in [0.15, 0.2) is 0 Å². The smallest absolute Gasteiger partial charge is 0.311 e. The van der Waals surface area contributed by atoms with Gasteiger partial charge >= 0.3 is 5.97 Å². The van der Waals surface area contributed by atoms with Gasteiger partial charge in [0.05, 0.1) is 11.1 Å². The lowest BCUT2D eigenvalue weighted by atomic mass is 9.80. The number of nitrogens with one attached hydrogen (secondary N) is 1. The van der Waals surface area contributed by atoms with Crippen molar-refractivity contribution in [3.63, 3.8) is 0 Å². The first-order valence-electron chi connectivity index (χ1n) is 7.80. The van der Waals surface area contributed by atoms with E-state index >= 15 is 0 Å². The minimum atomic E-state index is -0.942. The third-order valence-corrected chi connectivity index (χ3v) is 4.39. The van der Waals surface area contributed by atoms with Crippen LogP contribution in [0.25, 0.3) is 5.69 Å². The van der Waals surface area contributed by atoms with E-state index < -0.39 is 11.4 Å². The van der Waals surface area contributed by atoms with Crippen LogP contribution in [0.2, 0.25) is 0 Å². The zero-order valence-electron chi connectivity index (χ0n) is 13.1. The van der Waals surface area contributed by atoms with Crippen molar-refractivity contribution in [2.75, 3.05) is 19.8 Å². The normalized spacial score (nSPS) is 16.5. The van der Waals surface area contributed by atoms with Gasteiger partial charge < -0.3 is 15.2 Å². The first kappa shape index (κ1) is 16.2. The summed E-state index contributed by atoms with van der Waals surface area (Å²) in [6, 6.07) is 8.81. The number of ether oxygens (including phenoxy) is 1. The van der Waals surface area contributed by atoms with Crippen molar-refractivity contribution in [3.05, 3.63) is 48.3 Å². The second-order valence-electron chi connectivity index (χ2n) is 5.88. The fourth-order valence-electron chi connectivity index (χ4n) is 2.77. The van der Waals surface area contributed by atoms with E-state index in [1.807, 2.05) is 12.3 Å². The van der Waals surface area contributed by atoms with Crippen LogP contribution in [0.4, 0.5) is 0 Å². The maximum atomic E-state index is 12.3. The third-order valence-electron chi connectivity index (χ3n) is 4.39. The number of amides is 1. The minimum Gasteiger partial charge on any atom is -0.481 e. The molecule has 1 saturated heterocycles. The van der Waals surface area contributed by atoms with Crippen LogP contribution in [0.15, 0.2) is 42.7 Å². The molecule has 7 nitrogen and oxygen atoms in total. The van der Waals surface area contributed by atoms with Crippen molar-refractivity contribution in [1.82, 2.24) is 15.1 Å². The summed E-state index contributed by atoms with van der Waals surface area (Å²) in [7, 11) is 0. The molecule has 2 N–H and O–H groups in total. The molecule has 7 heteroatoms. The van der Waals surface area contributed by atoms with E-state index in [1.54, 1.807) is 35.1 Å². The molecular formula is C17H19N3O4. The van der Waals surface area contributed by atoms with Crippen LogP contribution in [0.5, 0.6) is 0 Å². The molecule has 0 saturated carbocycles. The summed E-state index contributed by atoms with van der Waals surface area (Å²) < 4.78 is 6.93. The highest BCUT2D eigenvalue weighted by atomic mass is 16.5. The molecule has 2 aromatic rings. The number of nitrogens with zero attached hydrogens (tertiary/aromatic N) is 2. The van der Waals surface area contributed by atoms with Gasteiger partial charge in [-0.25, -0.2) is 4.68 Å². The lowest BCUT2D eigenvalue weighted by Crippen LogP contribution is -2.46. The number of aliphatic carboxylic acids is 1. The van der Waals surface area contributed by atoms with Crippen LogP contribution in [0.1, 0.15) is 23.2 Å². The summed E-state index contributed by atoms with van der Waals surface area (Å²) in [6.45, 7) is 0.910. The van der Waals surface area contributed by atoms with Gasteiger partial charge in [-0.15, -0.1) is 0 Å². The van der Waals surface area contributed by atoms with E-state index in [1.165, 1.54) is 0 Å². The fourth-order valence-corrected chi connectivity index (χ4v) is 2.77. The van der Waals surface area contributed by atoms with Gasteiger partial charge in [0.1, 0.15) is 0 Å². The van der Waals surface area contributed by atoms with Crippen molar-refractivity contribution >= 4 is 11.9 Å². The summed E-state index contributed by atoms with van der Waals surface area (Å²) >= 11 is 0. The number of rotatable bonds is 5. The summed E-state index contributed by atoms with van der Waals surface area (Å²) in [5.74, 6) is -1.17. The first-order valence-corrected chi connectivity index (χ1v) is 7.80. The highest BCUT2D eigenvalue weighted by Gasteiger charge is 2.40. The Kier molecular flexibility index (Phi) is 4.61. The second-order valence-corrected chi connectivity index (χ2v) is 5.88. The van der Waals surface area contributed by atoms with Crippen LogP contribution in [0.3, 0.4) is 0 Å². The van der Waals surface area contributed by atoms with Gasteiger partial charge in [-0.3, -0.25) is 9.59 Å². The highest BCUT2D eigenvalue weighted by molar-refractivity contribution is 5.94. The zero-order valence-corrected chi connectivity index (χ0v) is 13.1. The van der Waals surface area contributed by atoms with Crippen LogP contribution in [0, 0.1) is 5.41 Å². The molecule has 0 unspecified atom stereocenters. The van der Waals surface area contributed by atoms with E-state index in [0.717, 1.165) is 5.69 Å². The largest absolute Gasteiger partial charge is 0.481 e. The van der Waals surface area contributed by atoms with E-state index in [4.69, 9.17) is 4.74 Å². The molecular weight excluding hydrogens is 310 g/mol. The number of carbonyl (C=O) groups is 2. The quantitative estimate of drug-likeness (QED) is 0.867. The van der Waals surface area contributed by atoms with E-state index in [0.29, 0.717) is 31.6 Å². The van der Waals surface area contributed by atoms with Crippen molar-refractivity contribution in [2.45, 2.75) is 12.8 Å². The molecule has 0 spiro atoms. The van der Waals surface area contributed by atoms with E-state index in [2.05, 4.69) is 10.4 Å². The molecule has 1 aromatic carbocycles. The van der Waals surface area contributed by atoms with Crippen LogP contribution < -0.4 is 5.32 Å². The monoisotopic (exact) mass is 329 g/mol. The molecule has 0 radical (unpaired) electrons. The summed E-state index contributed by atoms with van der Waals surface area (Å²) in [5.41, 5.74) is 0.393.